The van der Waals surface area contributed by atoms with Crippen LogP contribution in [0.4, 0.5) is 4.39 Å². The summed E-state index contributed by atoms with van der Waals surface area (Å²) >= 11 is 0. The van der Waals surface area contributed by atoms with Crippen LogP contribution in [0.15, 0.2) is 28.7 Å². The van der Waals surface area contributed by atoms with E-state index in [4.69, 9.17) is 4.42 Å². The summed E-state index contributed by atoms with van der Waals surface area (Å²) in [7, 11) is 0. The molecule has 0 aliphatic carbocycles. The van der Waals surface area contributed by atoms with Crippen molar-refractivity contribution in [1.29, 1.82) is 0 Å². The lowest BCUT2D eigenvalue weighted by Gasteiger charge is -2.30. The molecule has 1 amide bonds. The van der Waals surface area contributed by atoms with Gasteiger partial charge in [0.1, 0.15) is 5.82 Å². The smallest absolute Gasteiger partial charge is 0.247 e. The Morgan fingerprint density at radius 3 is 2.65 bits per heavy atom. The van der Waals surface area contributed by atoms with E-state index in [1.165, 1.54) is 12.1 Å². The van der Waals surface area contributed by atoms with Gasteiger partial charge < -0.3 is 9.32 Å². The number of piperidine rings is 1. The van der Waals surface area contributed by atoms with E-state index in [1.807, 2.05) is 4.90 Å². The number of nitrogens with zero attached hydrogens (tertiary/aromatic N) is 3. The van der Waals surface area contributed by atoms with Gasteiger partial charge >= 0.3 is 0 Å². The number of benzene rings is 1. The number of carbonyl (C=O) groups is 1. The van der Waals surface area contributed by atoms with E-state index >= 15 is 0 Å². The van der Waals surface area contributed by atoms with E-state index < -0.39 is 0 Å². The van der Waals surface area contributed by atoms with Crippen LogP contribution in [-0.2, 0) is 11.2 Å². The minimum atomic E-state index is -0.310. The summed E-state index contributed by atoms with van der Waals surface area (Å²) in [6.07, 6.45) is 2.94. The monoisotopic (exact) mass is 317 g/mol. The lowest BCUT2D eigenvalue weighted by molar-refractivity contribution is -0.132. The summed E-state index contributed by atoms with van der Waals surface area (Å²) in [5, 5.41) is 7.92. The second-order valence-corrected chi connectivity index (χ2v) is 6.07. The minimum absolute atomic E-state index is 0.137. The highest BCUT2D eigenvalue weighted by atomic mass is 19.1. The molecule has 1 saturated heterocycles. The van der Waals surface area contributed by atoms with Crippen LogP contribution in [0.1, 0.15) is 32.1 Å². The van der Waals surface area contributed by atoms with Gasteiger partial charge in [-0.15, -0.1) is 10.2 Å². The molecule has 2 aromatic rings. The summed E-state index contributed by atoms with van der Waals surface area (Å²) < 4.78 is 18.5. The van der Waals surface area contributed by atoms with Crippen molar-refractivity contribution in [2.24, 2.45) is 5.92 Å². The van der Waals surface area contributed by atoms with E-state index in [0.717, 1.165) is 25.9 Å². The van der Waals surface area contributed by atoms with Crippen LogP contribution < -0.4 is 0 Å². The highest BCUT2D eigenvalue weighted by molar-refractivity contribution is 5.76. The van der Waals surface area contributed by atoms with E-state index in [0.29, 0.717) is 36.1 Å². The fourth-order valence-electron chi connectivity index (χ4n) is 2.69. The first kappa shape index (κ1) is 15.6. The molecule has 122 valence electrons. The zero-order valence-corrected chi connectivity index (χ0v) is 13.2. The molecule has 0 unspecified atom stereocenters. The van der Waals surface area contributed by atoms with Gasteiger partial charge in [-0.2, -0.15) is 0 Å². The summed E-state index contributed by atoms with van der Waals surface area (Å²) in [5.74, 6) is 1.31. The molecule has 6 heteroatoms. The number of aryl methyl sites for hydroxylation is 1. The Bertz CT molecular complexity index is 661. The van der Waals surface area contributed by atoms with Crippen molar-refractivity contribution >= 4 is 5.91 Å². The largest absolute Gasteiger partial charge is 0.421 e. The second-order valence-electron chi connectivity index (χ2n) is 6.07. The normalized spacial score (nSPS) is 15.8. The molecule has 1 aliphatic heterocycles. The Morgan fingerprint density at radius 1 is 1.26 bits per heavy atom. The Morgan fingerprint density at radius 2 is 1.96 bits per heavy atom. The summed E-state index contributed by atoms with van der Waals surface area (Å²) in [5.41, 5.74) is 0.668. The van der Waals surface area contributed by atoms with Gasteiger partial charge in [-0.3, -0.25) is 4.79 Å². The minimum Gasteiger partial charge on any atom is -0.421 e. The van der Waals surface area contributed by atoms with Crippen LogP contribution in [0.2, 0.25) is 0 Å². The molecule has 0 atom stereocenters. The molecule has 0 radical (unpaired) electrons. The number of aromatic nitrogens is 2. The van der Waals surface area contributed by atoms with E-state index in [1.54, 1.807) is 12.1 Å². The van der Waals surface area contributed by atoms with E-state index in [-0.39, 0.29) is 11.7 Å². The van der Waals surface area contributed by atoms with Crippen molar-refractivity contribution in [2.45, 2.75) is 32.6 Å². The summed E-state index contributed by atoms with van der Waals surface area (Å²) in [4.78, 5) is 14.1. The van der Waals surface area contributed by atoms with Gasteiger partial charge in [0.15, 0.2) is 0 Å². The number of likely N-dealkylation sites (tertiary alicyclic amines) is 1. The van der Waals surface area contributed by atoms with E-state index in [9.17, 15) is 9.18 Å². The summed E-state index contributed by atoms with van der Waals surface area (Å²) in [6, 6.07) is 5.87. The van der Waals surface area contributed by atoms with Gasteiger partial charge in [-0.05, 0) is 43.0 Å². The molecule has 1 fully saturated rings. The van der Waals surface area contributed by atoms with Crippen molar-refractivity contribution in [1.82, 2.24) is 15.1 Å². The van der Waals surface area contributed by atoms with Gasteiger partial charge in [0.05, 0.1) is 0 Å². The Balaban J connectivity index is 1.55. The maximum atomic E-state index is 12.9. The molecular weight excluding hydrogens is 297 g/mol. The number of halogens is 1. The first-order valence-electron chi connectivity index (χ1n) is 7.98. The predicted molar refractivity (Wildman–Crippen MR) is 83.0 cm³/mol. The van der Waals surface area contributed by atoms with Gasteiger partial charge in [-0.1, -0.05) is 6.92 Å². The number of hydrogen-bond acceptors (Lipinski definition) is 4. The van der Waals surface area contributed by atoms with Gasteiger partial charge in [-0.25, -0.2) is 4.39 Å². The lowest BCUT2D eigenvalue weighted by Crippen LogP contribution is -2.38. The van der Waals surface area contributed by atoms with Crippen LogP contribution in [0, 0.1) is 11.7 Å². The highest BCUT2D eigenvalue weighted by Gasteiger charge is 2.20. The Labute approximate surface area is 134 Å². The molecule has 0 N–H and O–H groups in total. The van der Waals surface area contributed by atoms with Crippen molar-refractivity contribution in [2.75, 3.05) is 13.1 Å². The average Bonchev–Trinajstić information content (AvgIpc) is 3.03. The quantitative estimate of drug-likeness (QED) is 0.869. The maximum absolute atomic E-state index is 12.9. The Hall–Kier alpha value is -2.24. The molecule has 2 heterocycles. The lowest BCUT2D eigenvalue weighted by atomic mass is 9.99. The molecule has 0 saturated carbocycles. The topological polar surface area (TPSA) is 59.2 Å². The first-order chi connectivity index (χ1) is 11.1. The third-order valence-corrected chi connectivity index (χ3v) is 4.25. The molecular formula is C17H20FN3O2. The Kier molecular flexibility index (Phi) is 4.69. The fraction of sp³-hybridized carbons (Fsp3) is 0.471. The number of carbonyl (C=O) groups excluding carboxylic acids is 1. The average molecular weight is 317 g/mol. The molecule has 1 aliphatic rings. The fourth-order valence-corrected chi connectivity index (χ4v) is 2.69. The molecule has 3 rings (SSSR count). The third kappa shape index (κ3) is 3.94. The standard InChI is InChI=1S/C17H20FN3O2/c1-12-8-10-21(11-9-12)16(22)7-6-15-19-20-17(23-15)13-2-4-14(18)5-3-13/h2-5,12H,6-11H2,1H3. The molecule has 5 nitrogen and oxygen atoms in total. The molecule has 23 heavy (non-hydrogen) atoms. The van der Waals surface area contributed by atoms with Crippen LogP contribution in [0.5, 0.6) is 0 Å². The van der Waals surface area contributed by atoms with Crippen molar-refractivity contribution in [3.05, 3.63) is 36.0 Å². The van der Waals surface area contributed by atoms with Crippen molar-refractivity contribution < 1.29 is 13.6 Å². The second kappa shape index (κ2) is 6.89. The molecule has 0 bridgehead atoms. The number of hydrogen-bond donors (Lipinski definition) is 0. The number of rotatable bonds is 4. The van der Waals surface area contributed by atoms with Gasteiger partial charge in [0.2, 0.25) is 17.7 Å². The predicted octanol–water partition coefficient (Wildman–Crippen LogP) is 3.07. The van der Waals surface area contributed by atoms with Gasteiger partial charge in [0.25, 0.3) is 0 Å². The third-order valence-electron chi connectivity index (χ3n) is 4.25. The van der Waals surface area contributed by atoms with Crippen molar-refractivity contribution in [3.8, 4) is 11.5 Å². The van der Waals surface area contributed by atoms with Crippen LogP contribution >= 0.6 is 0 Å². The van der Waals surface area contributed by atoms with E-state index in [2.05, 4.69) is 17.1 Å². The maximum Gasteiger partial charge on any atom is 0.247 e. The highest BCUT2D eigenvalue weighted by Crippen LogP contribution is 2.20. The zero-order valence-electron chi connectivity index (χ0n) is 13.2. The van der Waals surface area contributed by atoms with Crippen LogP contribution in [-0.4, -0.2) is 34.1 Å². The number of amides is 1. The molecule has 0 spiro atoms. The molecule has 1 aromatic carbocycles. The zero-order chi connectivity index (χ0) is 16.2. The van der Waals surface area contributed by atoms with Gasteiger partial charge in [0, 0.05) is 31.5 Å². The SMILES string of the molecule is CC1CCN(C(=O)CCc2nnc(-c3ccc(F)cc3)o2)CC1. The summed E-state index contributed by atoms with van der Waals surface area (Å²) in [6.45, 7) is 3.90. The van der Waals surface area contributed by atoms with Crippen molar-refractivity contribution in [3.63, 3.8) is 0 Å². The molecule has 1 aromatic heterocycles. The first-order valence-corrected chi connectivity index (χ1v) is 7.98. The van der Waals surface area contributed by atoms with Crippen LogP contribution in [0.3, 0.4) is 0 Å². The van der Waals surface area contributed by atoms with Crippen LogP contribution in [0.25, 0.3) is 11.5 Å².